The monoisotopic (exact) mass is 229 g/mol. The highest BCUT2D eigenvalue weighted by molar-refractivity contribution is 5.49. The van der Waals surface area contributed by atoms with E-state index in [1.165, 1.54) is 24.9 Å². The number of anilines is 1. The van der Waals surface area contributed by atoms with E-state index in [4.69, 9.17) is 0 Å². The van der Waals surface area contributed by atoms with Crippen LogP contribution in [0.15, 0.2) is 42.5 Å². The van der Waals surface area contributed by atoms with E-state index in [2.05, 4.69) is 61.2 Å². The fourth-order valence-electron chi connectivity index (χ4n) is 2.75. The van der Waals surface area contributed by atoms with Gasteiger partial charge in [-0.05, 0) is 30.9 Å². The van der Waals surface area contributed by atoms with Gasteiger partial charge >= 0.3 is 0 Å². The van der Waals surface area contributed by atoms with Gasteiger partial charge in [0.1, 0.15) is 0 Å². The van der Waals surface area contributed by atoms with Gasteiger partial charge in [0, 0.05) is 18.3 Å². The van der Waals surface area contributed by atoms with E-state index in [0.29, 0.717) is 6.04 Å². The van der Waals surface area contributed by atoms with Crippen LogP contribution in [0, 0.1) is 5.92 Å². The number of hydrogen-bond donors (Lipinski definition) is 0. The third-order valence-corrected chi connectivity index (χ3v) is 3.64. The van der Waals surface area contributed by atoms with E-state index in [-0.39, 0.29) is 0 Å². The van der Waals surface area contributed by atoms with E-state index in [9.17, 15) is 0 Å². The van der Waals surface area contributed by atoms with E-state index < -0.39 is 0 Å². The highest BCUT2D eigenvalue weighted by atomic mass is 15.2. The molecule has 0 saturated carbocycles. The fourth-order valence-corrected chi connectivity index (χ4v) is 2.75. The molecule has 0 fully saturated rings. The number of rotatable bonds is 4. The average molecular weight is 229 g/mol. The predicted octanol–water partition coefficient (Wildman–Crippen LogP) is 4.26. The van der Waals surface area contributed by atoms with Gasteiger partial charge < -0.3 is 4.90 Å². The summed E-state index contributed by atoms with van der Waals surface area (Å²) in [4.78, 5) is 2.56. The summed E-state index contributed by atoms with van der Waals surface area (Å²) in [5.74, 6) is 0.733. The third kappa shape index (κ3) is 2.91. The number of para-hydroxylation sites is 1. The second-order valence-corrected chi connectivity index (χ2v) is 5.00. The minimum atomic E-state index is 0.575. The van der Waals surface area contributed by atoms with Gasteiger partial charge in [0.15, 0.2) is 0 Å². The van der Waals surface area contributed by atoms with Gasteiger partial charge in [0.2, 0.25) is 0 Å². The Morgan fingerprint density at radius 2 is 2.06 bits per heavy atom. The molecule has 1 heteroatoms. The van der Waals surface area contributed by atoms with Crippen molar-refractivity contribution in [3.8, 4) is 0 Å². The number of nitrogens with zero attached hydrogens (tertiary/aromatic N) is 1. The summed E-state index contributed by atoms with van der Waals surface area (Å²) in [7, 11) is 0. The van der Waals surface area contributed by atoms with Gasteiger partial charge in [-0.25, -0.2) is 0 Å². The molecule has 0 radical (unpaired) electrons. The quantitative estimate of drug-likeness (QED) is 0.697. The largest absolute Gasteiger partial charge is 0.365 e. The molecule has 92 valence electrons. The zero-order valence-corrected chi connectivity index (χ0v) is 11.0. The molecule has 0 bridgehead atoms. The maximum absolute atomic E-state index is 2.56. The van der Waals surface area contributed by atoms with Crippen molar-refractivity contribution in [2.45, 2.75) is 39.2 Å². The lowest BCUT2D eigenvalue weighted by Crippen LogP contribution is -2.41. The molecule has 2 unspecified atom stereocenters. The van der Waals surface area contributed by atoms with Crippen molar-refractivity contribution in [3.05, 3.63) is 42.5 Å². The second-order valence-electron chi connectivity index (χ2n) is 5.00. The lowest BCUT2D eigenvalue weighted by Gasteiger charge is -2.38. The van der Waals surface area contributed by atoms with Crippen molar-refractivity contribution < 1.29 is 0 Å². The van der Waals surface area contributed by atoms with Crippen LogP contribution in [-0.2, 0) is 0 Å². The zero-order valence-electron chi connectivity index (χ0n) is 11.0. The Bertz CT molecular complexity index is 355. The molecule has 0 spiro atoms. The van der Waals surface area contributed by atoms with Crippen molar-refractivity contribution in [2.75, 3.05) is 11.4 Å². The summed E-state index contributed by atoms with van der Waals surface area (Å²) in [6, 6.07) is 11.4. The molecular formula is C16H23N. The molecule has 0 amide bonds. The standard InChI is InChI=1S/C16H23N/c1-3-9-14(2)16-12-7-8-13-17(16)15-10-5-4-6-11-15/h4-7,10-12,14,16H,3,8-9,13H2,1-2H3. The maximum atomic E-state index is 2.56. The summed E-state index contributed by atoms with van der Waals surface area (Å²) in [5, 5.41) is 0. The molecule has 0 saturated heterocycles. The molecule has 1 aliphatic rings. The van der Waals surface area contributed by atoms with Gasteiger partial charge in [-0.15, -0.1) is 0 Å². The van der Waals surface area contributed by atoms with Gasteiger partial charge in [-0.1, -0.05) is 50.6 Å². The van der Waals surface area contributed by atoms with E-state index in [0.717, 1.165) is 12.5 Å². The highest BCUT2D eigenvalue weighted by Crippen LogP contribution is 2.27. The first-order valence-corrected chi connectivity index (χ1v) is 6.81. The second kappa shape index (κ2) is 5.90. The maximum Gasteiger partial charge on any atom is 0.0498 e. The Balaban J connectivity index is 2.17. The van der Waals surface area contributed by atoms with Crippen molar-refractivity contribution in [2.24, 2.45) is 5.92 Å². The molecule has 1 aromatic rings. The smallest absolute Gasteiger partial charge is 0.0498 e. The molecule has 2 rings (SSSR count). The van der Waals surface area contributed by atoms with Crippen LogP contribution in [-0.4, -0.2) is 12.6 Å². The molecule has 0 N–H and O–H groups in total. The van der Waals surface area contributed by atoms with Crippen molar-refractivity contribution >= 4 is 5.69 Å². The SMILES string of the molecule is CCCC(C)C1C=CCCN1c1ccccc1. The average Bonchev–Trinajstić information content (AvgIpc) is 2.40. The van der Waals surface area contributed by atoms with Crippen LogP contribution in [0.5, 0.6) is 0 Å². The van der Waals surface area contributed by atoms with Gasteiger partial charge in [-0.2, -0.15) is 0 Å². The van der Waals surface area contributed by atoms with Crippen LogP contribution in [0.4, 0.5) is 5.69 Å². The Morgan fingerprint density at radius 1 is 1.29 bits per heavy atom. The Labute approximate surface area is 105 Å². The summed E-state index contributed by atoms with van der Waals surface area (Å²) >= 11 is 0. The first kappa shape index (κ1) is 12.2. The molecule has 1 nitrogen and oxygen atoms in total. The van der Waals surface area contributed by atoms with Gasteiger partial charge in [-0.3, -0.25) is 0 Å². The van der Waals surface area contributed by atoms with E-state index >= 15 is 0 Å². The van der Waals surface area contributed by atoms with Crippen LogP contribution in [0.2, 0.25) is 0 Å². The Hall–Kier alpha value is -1.24. The predicted molar refractivity (Wildman–Crippen MR) is 75.4 cm³/mol. The molecule has 2 atom stereocenters. The molecule has 1 aliphatic heterocycles. The van der Waals surface area contributed by atoms with Crippen LogP contribution in [0.1, 0.15) is 33.1 Å². The van der Waals surface area contributed by atoms with Gasteiger partial charge in [0.25, 0.3) is 0 Å². The molecule has 1 heterocycles. The summed E-state index contributed by atoms with van der Waals surface area (Å²) in [5.41, 5.74) is 1.37. The zero-order chi connectivity index (χ0) is 12.1. The van der Waals surface area contributed by atoms with E-state index in [1.54, 1.807) is 0 Å². The lowest BCUT2D eigenvalue weighted by molar-refractivity contribution is 0.440. The molecular weight excluding hydrogens is 206 g/mol. The Kier molecular flexibility index (Phi) is 4.24. The number of hydrogen-bond acceptors (Lipinski definition) is 1. The van der Waals surface area contributed by atoms with Crippen LogP contribution >= 0.6 is 0 Å². The molecule has 0 aliphatic carbocycles. The van der Waals surface area contributed by atoms with Crippen LogP contribution in [0.3, 0.4) is 0 Å². The topological polar surface area (TPSA) is 3.24 Å². The lowest BCUT2D eigenvalue weighted by atomic mass is 9.92. The Morgan fingerprint density at radius 3 is 2.76 bits per heavy atom. The third-order valence-electron chi connectivity index (χ3n) is 3.64. The van der Waals surface area contributed by atoms with Crippen molar-refractivity contribution in [1.29, 1.82) is 0 Å². The van der Waals surface area contributed by atoms with Crippen molar-refractivity contribution in [3.63, 3.8) is 0 Å². The minimum Gasteiger partial charge on any atom is -0.365 e. The summed E-state index contributed by atoms with van der Waals surface area (Å²) in [6.45, 7) is 5.80. The van der Waals surface area contributed by atoms with Crippen LogP contribution < -0.4 is 4.90 Å². The van der Waals surface area contributed by atoms with Crippen molar-refractivity contribution in [1.82, 2.24) is 0 Å². The van der Waals surface area contributed by atoms with E-state index in [1.807, 2.05) is 0 Å². The van der Waals surface area contributed by atoms with Gasteiger partial charge in [0.05, 0.1) is 0 Å². The summed E-state index contributed by atoms with van der Waals surface area (Å²) in [6.07, 6.45) is 8.49. The normalized spacial score (nSPS) is 21.5. The fraction of sp³-hybridized carbons (Fsp3) is 0.500. The van der Waals surface area contributed by atoms with Crippen LogP contribution in [0.25, 0.3) is 0 Å². The minimum absolute atomic E-state index is 0.575. The highest BCUT2D eigenvalue weighted by Gasteiger charge is 2.23. The first-order chi connectivity index (χ1) is 8.33. The number of benzene rings is 1. The molecule has 0 aromatic heterocycles. The first-order valence-electron chi connectivity index (χ1n) is 6.81. The molecule has 17 heavy (non-hydrogen) atoms. The molecule has 1 aromatic carbocycles. The summed E-state index contributed by atoms with van der Waals surface area (Å²) < 4.78 is 0.